The Morgan fingerprint density at radius 2 is 1.46 bits per heavy atom. The molecule has 0 bridgehead atoms. The largest absolute Gasteiger partial charge is 0.457 e. The highest BCUT2D eigenvalue weighted by atomic mass is 35.5. The first-order chi connectivity index (χ1) is 13.4. The lowest BCUT2D eigenvalue weighted by molar-refractivity contribution is -0.115. The normalized spacial score (nSPS) is 18.2. The molecule has 7 heteroatoms. The van der Waals surface area contributed by atoms with Gasteiger partial charge < -0.3 is 4.74 Å². The van der Waals surface area contributed by atoms with E-state index in [0.717, 1.165) is 0 Å². The molecular weight excluding hydrogens is 398 g/mol. The second kappa shape index (κ2) is 7.30. The number of ether oxygens (including phenoxy) is 1. The van der Waals surface area contributed by atoms with Gasteiger partial charge in [-0.05, 0) is 54.1 Å². The Labute approximate surface area is 168 Å². The van der Waals surface area contributed by atoms with E-state index in [1.807, 2.05) is 30.3 Å². The van der Waals surface area contributed by atoms with Crippen molar-refractivity contribution in [2.75, 3.05) is 10.7 Å². The molecule has 1 heterocycles. The molecule has 1 amide bonds. The van der Waals surface area contributed by atoms with Crippen molar-refractivity contribution < 1.29 is 17.9 Å². The third kappa shape index (κ3) is 3.61. The summed E-state index contributed by atoms with van der Waals surface area (Å²) in [6.45, 7) is 0. The van der Waals surface area contributed by atoms with E-state index in [0.29, 0.717) is 27.8 Å². The van der Waals surface area contributed by atoms with Crippen LogP contribution in [-0.4, -0.2) is 20.1 Å². The predicted molar refractivity (Wildman–Crippen MR) is 108 cm³/mol. The third-order valence-electron chi connectivity index (χ3n) is 4.42. The first-order valence-electron chi connectivity index (χ1n) is 8.56. The molecule has 4 rings (SSSR count). The number of carbonyl (C=O) groups excluding carboxylic acids is 1. The highest BCUT2D eigenvalue weighted by molar-refractivity contribution is 7.93. The van der Waals surface area contributed by atoms with E-state index in [1.165, 1.54) is 4.90 Å². The molecule has 3 aromatic carbocycles. The summed E-state index contributed by atoms with van der Waals surface area (Å²) in [6.07, 6.45) is 0. The molecule has 1 saturated heterocycles. The maximum absolute atomic E-state index is 12.6. The van der Waals surface area contributed by atoms with Crippen molar-refractivity contribution in [2.45, 2.75) is 5.37 Å². The van der Waals surface area contributed by atoms with Crippen molar-refractivity contribution in [1.29, 1.82) is 0 Å². The summed E-state index contributed by atoms with van der Waals surface area (Å²) in [5, 5.41) is -0.572. The van der Waals surface area contributed by atoms with Crippen LogP contribution >= 0.6 is 11.6 Å². The Morgan fingerprint density at radius 3 is 2.11 bits per heavy atom. The quantitative estimate of drug-likeness (QED) is 0.627. The van der Waals surface area contributed by atoms with Gasteiger partial charge >= 0.3 is 0 Å². The number of hydrogen-bond donors (Lipinski definition) is 0. The van der Waals surface area contributed by atoms with Crippen molar-refractivity contribution in [1.82, 2.24) is 0 Å². The Morgan fingerprint density at radius 1 is 0.857 bits per heavy atom. The van der Waals surface area contributed by atoms with Gasteiger partial charge in [0, 0.05) is 10.7 Å². The van der Waals surface area contributed by atoms with E-state index < -0.39 is 26.9 Å². The summed E-state index contributed by atoms with van der Waals surface area (Å²) in [4.78, 5) is 13.8. The number of hydrogen-bond acceptors (Lipinski definition) is 4. The molecule has 1 fully saturated rings. The molecule has 3 aromatic rings. The SMILES string of the molecule is O=C1CS(=O)(=O)[C@H](c2ccc(Cl)cc2)N1c1ccc(Oc2ccccc2)cc1. The van der Waals surface area contributed by atoms with Gasteiger partial charge in [0.15, 0.2) is 15.2 Å². The molecule has 0 N–H and O–H groups in total. The Balaban J connectivity index is 1.66. The van der Waals surface area contributed by atoms with Gasteiger partial charge in [0.2, 0.25) is 5.91 Å². The molecular formula is C21H16ClNO4S. The maximum Gasteiger partial charge on any atom is 0.243 e. The van der Waals surface area contributed by atoms with Gasteiger partial charge in [0.05, 0.1) is 0 Å². The fourth-order valence-corrected chi connectivity index (χ4v) is 5.07. The summed E-state index contributed by atoms with van der Waals surface area (Å²) < 4.78 is 31.0. The van der Waals surface area contributed by atoms with Gasteiger partial charge in [-0.25, -0.2) is 8.42 Å². The summed E-state index contributed by atoms with van der Waals surface area (Å²) >= 11 is 5.91. The molecule has 0 aliphatic carbocycles. The van der Waals surface area contributed by atoms with Gasteiger partial charge in [0.25, 0.3) is 0 Å². The second-order valence-corrected chi connectivity index (χ2v) is 8.88. The van der Waals surface area contributed by atoms with Gasteiger partial charge in [-0.3, -0.25) is 9.69 Å². The van der Waals surface area contributed by atoms with Crippen molar-refractivity contribution in [3.05, 3.63) is 89.4 Å². The Hall–Kier alpha value is -2.83. The highest BCUT2D eigenvalue weighted by Gasteiger charge is 2.45. The topological polar surface area (TPSA) is 63.7 Å². The Bertz CT molecular complexity index is 1100. The number of para-hydroxylation sites is 1. The highest BCUT2D eigenvalue weighted by Crippen LogP contribution is 2.38. The van der Waals surface area contributed by atoms with Crippen molar-refractivity contribution in [2.24, 2.45) is 0 Å². The van der Waals surface area contributed by atoms with E-state index in [1.54, 1.807) is 48.5 Å². The average Bonchev–Trinajstić information content (AvgIpc) is 2.92. The summed E-state index contributed by atoms with van der Waals surface area (Å²) in [5.74, 6) is 0.293. The fourth-order valence-electron chi connectivity index (χ4n) is 3.17. The summed E-state index contributed by atoms with van der Waals surface area (Å²) in [5.41, 5.74) is 0.992. The molecule has 1 aliphatic rings. The fraction of sp³-hybridized carbons (Fsp3) is 0.0952. The van der Waals surface area contributed by atoms with Crippen LogP contribution in [0.4, 0.5) is 5.69 Å². The molecule has 1 aliphatic heterocycles. The average molecular weight is 414 g/mol. The number of rotatable bonds is 4. The van der Waals surface area contributed by atoms with Crippen LogP contribution in [-0.2, 0) is 14.6 Å². The lowest BCUT2D eigenvalue weighted by Gasteiger charge is -2.24. The molecule has 0 saturated carbocycles. The number of halogens is 1. The van der Waals surface area contributed by atoms with Gasteiger partial charge in [-0.15, -0.1) is 0 Å². The maximum atomic E-state index is 12.6. The molecule has 1 atom stereocenters. The zero-order valence-electron chi connectivity index (χ0n) is 14.7. The van der Waals surface area contributed by atoms with Gasteiger partial charge in [-0.1, -0.05) is 41.9 Å². The van der Waals surface area contributed by atoms with Crippen molar-refractivity contribution in [3.63, 3.8) is 0 Å². The van der Waals surface area contributed by atoms with Crippen LogP contribution in [0, 0.1) is 0 Å². The van der Waals surface area contributed by atoms with Crippen LogP contribution in [0.15, 0.2) is 78.9 Å². The van der Waals surface area contributed by atoms with Crippen LogP contribution in [0.25, 0.3) is 0 Å². The zero-order valence-corrected chi connectivity index (χ0v) is 16.2. The Kier molecular flexibility index (Phi) is 4.83. The minimum Gasteiger partial charge on any atom is -0.457 e. The molecule has 0 spiro atoms. The molecule has 142 valence electrons. The standard InChI is InChI=1S/C21H16ClNO4S/c22-16-8-6-15(7-9-16)21-23(20(24)14-28(21,25)26)17-10-12-19(13-11-17)27-18-4-2-1-3-5-18/h1-13,21H,14H2/t21-/m1/s1. The molecule has 0 aromatic heterocycles. The number of sulfone groups is 1. The van der Waals surface area contributed by atoms with Crippen molar-refractivity contribution in [3.8, 4) is 11.5 Å². The predicted octanol–water partition coefficient (Wildman–Crippen LogP) is 4.59. The second-order valence-electron chi connectivity index (χ2n) is 6.38. The lowest BCUT2D eigenvalue weighted by atomic mass is 10.2. The molecule has 5 nitrogen and oxygen atoms in total. The van der Waals surface area contributed by atoms with E-state index in [9.17, 15) is 13.2 Å². The first kappa shape index (κ1) is 18.5. The van der Waals surface area contributed by atoms with E-state index in [4.69, 9.17) is 16.3 Å². The lowest BCUT2D eigenvalue weighted by Crippen LogP contribution is -2.29. The van der Waals surface area contributed by atoms with Crippen LogP contribution in [0.2, 0.25) is 5.02 Å². The number of benzene rings is 3. The van der Waals surface area contributed by atoms with Gasteiger partial charge in [0.1, 0.15) is 17.3 Å². The third-order valence-corrected chi connectivity index (χ3v) is 6.48. The summed E-state index contributed by atoms with van der Waals surface area (Å²) in [7, 11) is -3.66. The van der Waals surface area contributed by atoms with Crippen LogP contribution in [0.5, 0.6) is 11.5 Å². The number of amides is 1. The van der Waals surface area contributed by atoms with Crippen LogP contribution < -0.4 is 9.64 Å². The smallest absolute Gasteiger partial charge is 0.243 e. The van der Waals surface area contributed by atoms with Crippen molar-refractivity contribution >= 4 is 33.0 Å². The molecule has 0 radical (unpaired) electrons. The number of carbonyl (C=O) groups is 1. The molecule has 28 heavy (non-hydrogen) atoms. The van der Waals surface area contributed by atoms with Crippen LogP contribution in [0.1, 0.15) is 10.9 Å². The number of anilines is 1. The van der Waals surface area contributed by atoms with Crippen LogP contribution in [0.3, 0.4) is 0 Å². The van der Waals surface area contributed by atoms with Gasteiger partial charge in [-0.2, -0.15) is 0 Å². The van der Waals surface area contributed by atoms with E-state index in [2.05, 4.69) is 0 Å². The summed E-state index contributed by atoms with van der Waals surface area (Å²) in [6, 6.07) is 22.6. The minimum atomic E-state index is -3.66. The zero-order chi connectivity index (χ0) is 19.7. The first-order valence-corrected chi connectivity index (χ1v) is 10.7. The number of nitrogens with zero attached hydrogens (tertiary/aromatic N) is 1. The molecule has 0 unspecified atom stereocenters. The van der Waals surface area contributed by atoms with E-state index >= 15 is 0 Å². The van der Waals surface area contributed by atoms with E-state index in [-0.39, 0.29) is 0 Å². The monoisotopic (exact) mass is 413 g/mol. The minimum absolute atomic E-state index is 0.461.